The fourth-order valence-corrected chi connectivity index (χ4v) is 12.7. The van der Waals surface area contributed by atoms with Crippen molar-refractivity contribution in [3.63, 3.8) is 0 Å². The molecule has 3 aromatic carbocycles. The highest BCUT2D eigenvalue weighted by Gasteiger charge is 2.58. The Bertz CT molecular complexity index is 2060. The zero-order valence-electron chi connectivity index (χ0n) is 31.4. The van der Waals surface area contributed by atoms with Gasteiger partial charge in [0.25, 0.3) is 8.32 Å². The van der Waals surface area contributed by atoms with Gasteiger partial charge < -0.3 is 24.1 Å². The normalized spacial score (nSPS) is 16.2. The number of nitrogens with zero attached hydrogens (tertiary/aromatic N) is 4. The molecule has 2 aromatic heterocycles. The Morgan fingerprint density at radius 3 is 2.00 bits per heavy atom. The number of rotatable bonds is 9. The minimum atomic E-state index is -4.81. The van der Waals surface area contributed by atoms with Crippen molar-refractivity contribution in [2.45, 2.75) is 84.0 Å². The van der Waals surface area contributed by atoms with Crippen molar-refractivity contribution >= 4 is 41.5 Å². The second kappa shape index (κ2) is 13.8. The smallest absolute Gasteiger partial charge is 0.444 e. The standard InChI is InChI=1S/C41H46F3N5O4Si/c1-38(2,3)52-37(50)46-25-33-35-34(21-22-45-36(35)49(47-33)28-17-19-29(20-18-28)51-41(42,43)44)48-26-40(27-48)23-30(24-40)53-54(39(4,5)6,31-13-9-7-10-14-31)32-15-11-8-12-16-32/h7-22,30H,23-27H2,1-6H3,(H,46,50). The van der Waals surface area contributed by atoms with E-state index in [1.165, 1.54) is 34.6 Å². The SMILES string of the molecule is CC(C)(C)OC(=O)NCc1nn(-c2ccc(OC(F)(F)F)cc2)c2nccc(N3CC4(CC(O[Si](c5ccccc5)(c5ccccc5)C(C)(C)C)C4)C3)c12. The van der Waals surface area contributed by atoms with Crippen LogP contribution in [0.2, 0.25) is 5.04 Å². The number of anilines is 1. The van der Waals surface area contributed by atoms with E-state index in [4.69, 9.17) is 14.3 Å². The van der Waals surface area contributed by atoms with Gasteiger partial charge in [0.1, 0.15) is 11.4 Å². The number of carbonyl (C=O) groups excluding carboxylic acids is 1. The van der Waals surface area contributed by atoms with Crippen molar-refractivity contribution in [1.29, 1.82) is 0 Å². The highest BCUT2D eigenvalue weighted by atomic mass is 28.4. The summed E-state index contributed by atoms with van der Waals surface area (Å²) in [6.07, 6.45) is -1.67. The van der Waals surface area contributed by atoms with Gasteiger partial charge >= 0.3 is 12.5 Å². The van der Waals surface area contributed by atoms with E-state index in [2.05, 4.69) is 101 Å². The lowest BCUT2D eigenvalue weighted by Gasteiger charge is -2.61. The van der Waals surface area contributed by atoms with E-state index < -0.39 is 26.4 Å². The molecule has 0 unspecified atom stereocenters. The molecule has 5 aromatic rings. The van der Waals surface area contributed by atoms with E-state index in [0.29, 0.717) is 17.0 Å². The summed E-state index contributed by atoms with van der Waals surface area (Å²) < 4.78 is 57.1. The largest absolute Gasteiger partial charge is 0.573 e. The molecule has 1 saturated carbocycles. The molecule has 0 radical (unpaired) electrons. The molecule has 2 fully saturated rings. The molecule has 13 heteroatoms. The molecule has 54 heavy (non-hydrogen) atoms. The molecule has 1 aliphatic heterocycles. The van der Waals surface area contributed by atoms with Crippen LogP contribution in [0.15, 0.2) is 97.2 Å². The van der Waals surface area contributed by atoms with E-state index in [0.717, 1.165) is 37.0 Å². The van der Waals surface area contributed by atoms with Gasteiger partial charge in [-0.3, -0.25) is 0 Å². The predicted octanol–water partition coefficient (Wildman–Crippen LogP) is 7.89. The Kier molecular flexibility index (Phi) is 9.54. The Morgan fingerprint density at radius 1 is 0.870 bits per heavy atom. The maximum Gasteiger partial charge on any atom is 0.573 e. The lowest BCUT2D eigenvalue weighted by atomic mass is 9.61. The number of alkyl carbamates (subject to hydrolysis) is 1. The molecule has 2 aliphatic rings. The van der Waals surface area contributed by atoms with Crippen LogP contribution in [-0.2, 0) is 15.7 Å². The van der Waals surface area contributed by atoms with E-state index in [1.54, 1.807) is 31.6 Å². The summed E-state index contributed by atoms with van der Waals surface area (Å²) in [4.78, 5) is 19.6. The summed E-state index contributed by atoms with van der Waals surface area (Å²) in [5.41, 5.74) is 1.89. The average molecular weight is 758 g/mol. The van der Waals surface area contributed by atoms with E-state index in [9.17, 15) is 18.0 Å². The predicted molar refractivity (Wildman–Crippen MR) is 205 cm³/mol. The van der Waals surface area contributed by atoms with Gasteiger partial charge in [-0.2, -0.15) is 5.10 Å². The number of amides is 1. The summed E-state index contributed by atoms with van der Waals surface area (Å²) in [6, 6.07) is 28.8. The van der Waals surface area contributed by atoms with Gasteiger partial charge in [0.2, 0.25) is 0 Å². The number of benzene rings is 3. The van der Waals surface area contributed by atoms with Crippen molar-refractivity contribution in [3.8, 4) is 11.4 Å². The van der Waals surface area contributed by atoms with E-state index in [-0.39, 0.29) is 28.9 Å². The second-order valence-electron chi connectivity index (χ2n) is 16.5. The van der Waals surface area contributed by atoms with Crippen molar-refractivity contribution in [1.82, 2.24) is 20.1 Å². The summed E-state index contributed by atoms with van der Waals surface area (Å²) in [6.45, 7) is 14.0. The monoisotopic (exact) mass is 757 g/mol. The van der Waals surface area contributed by atoms with Gasteiger partial charge in [-0.15, -0.1) is 13.2 Å². The molecular formula is C41H46F3N5O4Si. The van der Waals surface area contributed by atoms with E-state index in [1.807, 2.05) is 6.07 Å². The van der Waals surface area contributed by atoms with Crippen LogP contribution in [0.4, 0.5) is 23.7 Å². The summed E-state index contributed by atoms with van der Waals surface area (Å²) in [7, 11) is -2.68. The fraction of sp³-hybridized carbons (Fsp3) is 0.390. The third-order valence-electron chi connectivity index (χ3n) is 10.2. The molecule has 3 heterocycles. The molecule has 1 amide bonds. The molecule has 1 N–H and O–H groups in total. The first-order valence-corrected chi connectivity index (χ1v) is 20.1. The van der Waals surface area contributed by atoms with Crippen LogP contribution in [0.5, 0.6) is 5.75 Å². The van der Waals surface area contributed by atoms with Crippen LogP contribution in [0.1, 0.15) is 60.1 Å². The van der Waals surface area contributed by atoms with Gasteiger partial charge in [0.15, 0.2) is 5.65 Å². The van der Waals surface area contributed by atoms with Crippen LogP contribution in [-0.4, -0.2) is 60.3 Å². The zero-order valence-corrected chi connectivity index (χ0v) is 32.4. The van der Waals surface area contributed by atoms with Crippen molar-refractivity contribution in [2.75, 3.05) is 18.0 Å². The second-order valence-corrected chi connectivity index (χ2v) is 20.7. The first-order valence-electron chi connectivity index (χ1n) is 18.2. The molecule has 0 bridgehead atoms. The number of halogens is 3. The average Bonchev–Trinajstić information content (AvgIpc) is 3.44. The number of hydrogen-bond donors (Lipinski definition) is 1. The number of hydrogen-bond acceptors (Lipinski definition) is 7. The highest BCUT2D eigenvalue weighted by Crippen LogP contribution is 2.53. The van der Waals surface area contributed by atoms with Crippen LogP contribution in [0.3, 0.4) is 0 Å². The number of ether oxygens (including phenoxy) is 2. The lowest BCUT2D eigenvalue weighted by molar-refractivity contribution is -0.274. The van der Waals surface area contributed by atoms with Gasteiger partial charge in [0, 0.05) is 30.8 Å². The van der Waals surface area contributed by atoms with Gasteiger partial charge in [-0.25, -0.2) is 14.5 Å². The number of nitrogens with one attached hydrogen (secondary N) is 1. The van der Waals surface area contributed by atoms with Crippen LogP contribution in [0.25, 0.3) is 16.7 Å². The highest BCUT2D eigenvalue weighted by molar-refractivity contribution is 6.99. The third kappa shape index (κ3) is 7.43. The molecule has 0 atom stereocenters. The van der Waals surface area contributed by atoms with Crippen LogP contribution in [0, 0.1) is 5.41 Å². The number of fused-ring (bicyclic) bond motifs is 1. The molecule has 1 spiro atoms. The van der Waals surface area contributed by atoms with Gasteiger partial charge in [0.05, 0.1) is 29.0 Å². The topological polar surface area (TPSA) is 90.7 Å². The zero-order chi connectivity index (χ0) is 38.5. The summed E-state index contributed by atoms with van der Waals surface area (Å²) >= 11 is 0. The van der Waals surface area contributed by atoms with Crippen molar-refractivity contribution < 1.29 is 31.9 Å². The molecule has 9 nitrogen and oxygen atoms in total. The molecule has 1 aliphatic carbocycles. The molecule has 1 saturated heterocycles. The minimum Gasteiger partial charge on any atom is -0.444 e. The number of aromatic nitrogens is 3. The molecule has 284 valence electrons. The molecular weight excluding hydrogens is 712 g/mol. The maximum atomic E-state index is 12.9. The first kappa shape index (κ1) is 37.4. The van der Waals surface area contributed by atoms with Gasteiger partial charge in [-0.05, 0) is 79.4 Å². The number of alkyl halides is 3. The first-order chi connectivity index (χ1) is 25.5. The summed E-state index contributed by atoms with van der Waals surface area (Å²) in [5, 5.41) is 10.8. The van der Waals surface area contributed by atoms with Crippen molar-refractivity contribution in [3.05, 3.63) is 103 Å². The molecule has 7 rings (SSSR count). The van der Waals surface area contributed by atoms with Crippen molar-refractivity contribution in [2.24, 2.45) is 5.41 Å². The summed E-state index contributed by atoms with van der Waals surface area (Å²) in [5.74, 6) is -0.341. The van der Waals surface area contributed by atoms with E-state index >= 15 is 0 Å². The van der Waals surface area contributed by atoms with Crippen LogP contribution < -0.4 is 25.3 Å². The number of carbonyl (C=O) groups is 1. The Morgan fingerprint density at radius 2 is 1.46 bits per heavy atom. The lowest BCUT2D eigenvalue weighted by Crippen LogP contribution is -2.71. The van der Waals surface area contributed by atoms with Crippen LogP contribution >= 0.6 is 0 Å². The minimum absolute atomic E-state index is 0.0553. The fourth-order valence-electron chi connectivity index (χ4n) is 8.05. The Hall–Kier alpha value is -4.88. The third-order valence-corrected chi connectivity index (χ3v) is 15.3. The van der Waals surface area contributed by atoms with Gasteiger partial charge in [-0.1, -0.05) is 81.4 Å². The Labute approximate surface area is 314 Å². The number of pyridine rings is 1. The quantitative estimate of drug-likeness (QED) is 0.153. The Balaban J connectivity index is 1.14. The maximum absolute atomic E-state index is 12.9.